The van der Waals surface area contributed by atoms with Crippen LogP contribution in [0.2, 0.25) is 0 Å². The lowest BCUT2D eigenvalue weighted by atomic mass is 10.0. The lowest BCUT2D eigenvalue weighted by Crippen LogP contribution is -2.41. The van der Waals surface area contributed by atoms with Gasteiger partial charge in [0.1, 0.15) is 12.3 Å². The van der Waals surface area contributed by atoms with E-state index in [9.17, 15) is 26.4 Å². The second kappa shape index (κ2) is 11.7. The van der Waals surface area contributed by atoms with Gasteiger partial charge in [-0.1, -0.05) is 12.0 Å². The van der Waals surface area contributed by atoms with Crippen molar-refractivity contribution in [3.63, 3.8) is 0 Å². The van der Waals surface area contributed by atoms with Gasteiger partial charge in [0, 0.05) is 43.2 Å². The summed E-state index contributed by atoms with van der Waals surface area (Å²) in [6, 6.07) is 10.9. The standard InChI is InChI=1S/C27H30F3N5O4S/c1-18(36)34-13-10-19(11-14-34)33-23-6-3-7-25-22(23)15-20(35(25)17-27(28,29)30)5-4-12-32-24-9-8-21(40(31,37)38)16-26(24)39-2/h3,6-9,15-16,19,32-33H,10-14,17H2,1-2H3,(H2,31,37,38). The fourth-order valence-corrected chi connectivity index (χ4v) is 5.22. The number of alkyl halides is 3. The molecule has 0 atom stereocenters. The van der Waals surface area contributed by atoms with Crippen molar-refractivity contribution in [1.82, 2.24) is 9.47 Å². The van der Waals surface area contributed by atoms with Gasteiger partial charge in [0.15, 0.2) is 0 Å². The van der Waals surface area contributed by atoms with Crippen LogP contribution in [0.25, 0.3) is 10.9 Å². The third kappa shape index (κ3) is 7.00. The summed E-state index contributed by atoms with van der Waals surface area (Å²) < 4.78 is 70.1. The van der Waals surface area contributed by atoms with E-state index < -0.39 is 22.7 Å². The predicted octanol–water partition coefficient (Wildman–Crippen LogP) is 3.75. The minimum atomic E-state index is -4.46. The molecule has 40 heavy (non-hydrogen) atoms. The minimum absolute atomic E-state index is 0.0291. The molecule has 3 aromatic rings. The van der Waals surface area contributed by atoms with Crippen LogP contribution in [0.15, 0.2) is 47.4 Å². The first-order chi connectivity index (χ1) is 18.9. The average Bonchev–Trinajstić information content (AvgIpc) is 3.23. The number of rotatable bonds is 7. The molecule has 2 heterocycles. The quantitative estimate of drug-likeness (QED) is 0.368. The third-order valence-corrected chi connectivity index (χ3v) is 7.58. The molecular weight excluding hydrogens is 547 g/mol. The number of carbonyl (C=O) groups excluding carboxylic acids is 1. The number of carbonyl (C=O) groups is 1. The molecule has 0 aliphatic carbocycles. The summed E-state index contributed by atoms with van der Waals surface area (Å²) in [7, 11) is -2.55. The molecule has 1 amide bonds. The van der Waals surface area contributed by atoms with Crippen LogP contribution in [-0.2, 0) is 21.4 Å². The lowest BCUT2D eigenvalue weighted by Gasteiger charge is -2.32. The van der Waals surface area contributed by atoms with E-state index >= 15 is 0 Å². The van der Waals surface area contributed by atoms with Crippen molar-refractivity contribution in [3.05, 3.63) is 48.2 Å². The van der Waals surface area contributed by atoms with Gasteiger partial charge in [0.25, 0.3) is 0 Å². The molecular formula is C27H30F3N5O4S. The summed E-state index contributed by atoms with van der Waals surface area (Å²) in [5.74, 6) is 5.94. The fraction of sp³-hybridized carbons (Fsp3) is 0.370. The second-order valence-electron chi connectivity index (χ2n) is 9.46. The molecule has 9 nitrogen and oxygen atoms in total. The van der Waals surface area contributed by atoms with Crippen molar-refractivity contribution in [2.75, 3.05) is 37.4 Å². The number of benzene rings is 2. The van der Waals surface area contributed by atoms with Crippen LogP contribution in [0.5, 0.6) is 5.75 Å². The molecule has 1 aliphatic heterocycles. The average molecular weight is 578 g/mol. The molecule has 0 unspecified atom stereocenters. The predicted molar refractivity (Wildman–Crippen MR) is 147 cm³/mol. The van der Waals surface area contributed by atoms with E-state index in [-0.39, 0.29) is 34.8 Å². The second-order valence-corrected chi connectivity index (χ2v) is 11.0. The summed E-state index contributed by atoms with van der Waals surface area (Å²) in [6.07, 6.45) is -2.99. The van der Waals surface area contributed by atoms with Crippen molar-refractivity contribution in [2.24, 2.45) is 5.14 Å². The molecule has 0 radical (unpaired) electrons. The summed E-state index contributed by atoms with van der Waals surface area (Å²) >= 11 is 0. The normalized spacial score (nSPS) is 14.5. The number of anilines is 2. The van der Waals surface area contributed by atoms with Crippen LogP contribution in [-0.4, -0.2) is 62.8 Å². The molecule has 0 spiro atoms. The molecule has 0 saturated carbocycles. The highest BCUT2D eigenvalue weighted by molar-refractivity contribution is 7.89. The number of primary sulfonamides is 1. The Balaban J connectivity index is 1.57. The SMILES string of the molecule is COc1cc(S(N)(=O)=O)ccc1NCC#Cc1cc2c(NC3CCN(C(C)=O)CC3)cccc2n1CC(F)(F)F. The number of nitrogens with zero attached hydrogens (tertiary/aromatic N) is 2. The molecule has 1 saturated heterocycles. The van der Waals surface area contributed by atoms with Crippen molar-refractivity contribution in [1.29, 1.82) is 0 Å². The Labute approximate surface area is 230 Å². The topological polar surface area (TPSA) is 119 Å². The zero-order valence-electron chi connectivity index (χ0n) is 22.0. The van der Waals surface area contributed by atoms with Gasteiger partial charge in [0.05, 0.1) is 35.4 Å². The minimum Gasteiger partial charge on any atom is -0.495 e. The molecule has 2 aromatic carbocycles. The number of piperidine rings is 1. The van der Waals surface area contributed by atoms with Crippen LogP contribution >= 0.6 is 0 Å². The number of hydrogen-bond donors (Lipinski definition) is 3. The molecule has 0 bridgehead atoms. The van der Waals surface area contributed by atoms with E-state index in [2.05, 4.69) is 22.5 Å². The summed E-state index contributed by atoms with van der Waals surface area (Å²) in [5.41, 5.74) is 1.76. The Bertz CT molecular complexity index is 1570. The number of aromatic nitrogens is 1. The number of amides is 1. The number of likely N-dealkylation sites (tertiary alicyclic amines) is 1. The Kier molecular flexibility index (Phi) is 8.51. The largest absolute Gasteiger partial charge is 0.495 e. The molecule has 214 valence electrons. The molecule has 4 rings (SSSR count). The maximum Gasteiger partial charge on any atom is 0.406 e. The van der Waals surface area contributed by atoms with Gasteiger partial charge >= 0.3 is 6.18 Å². The number of sulfonamides is 1. The summed E-state index contributed by atoms with van der Waals surface area (Å²) in [5, 5.41) is 12.2. The molecule has 4 N–H and O–H groups in total. The van der Waals surface area contributed by atoms with Crippen LogP contribution in [0, 0.1) is 11.8 Å². The van der Waals surface area contributed by atoms with Crippen LogP contribution < -0.4 is 20.5 Å². The highest BCUT2D eigenvalue weighted by Gasteiger charge is 2.30. The van der Waals surface area contributed by atoms with Crippen LogP contribution in [0.4, 0.5) is 24.5 Å². The first-order valence-corrected chi connectivity index (χ1v) is 14.0. The van der Waals surface area contributed by atoms with Gasteiger partial charge in [-0.2, -0.15) is 13.2 Å². The number of hydrogen-bond acceptors (Lipinski definition) is 6. The number of ether oxygens (including phenoxy) is 1. The number of fused-ring (bicyclic) bond motifs is 1. The third-order valence-electron chi connectivity index (χ3n) is 6.67. The fourth-order valence-electron chi connectivity index (χ4n) is 4.69. The van der Waals surface area contributed by atoms with E-state index in [0.29, 0.717) is 35.4 Å². The van der Waals surface area contributed by atoms with E-state index in [4.69, 9.17) is 9.88 Å². The zero-order chi connectivity index (χ0) is 29.1. The van der Waals surface area contributed by atoms with Crippen molar-refractivity contribution in [2.45, 2.75) is 43.4 Å². The molecule has 1 fully saturated rings. The van der Waals surface area contributed by atoms with Crippen LogP contribution in [0.3, 0.4) is 0 Å². The van der Waals surface area contributed by atoms with E-state index in [1.54, 1.807) is 23.1 Å². The van der Waals surface area contributed by atoms with Gasteiger partial charge < -0.3 is 24.8 Å². The first-order valence-electron chi connectivity index (χ1n) is 12.5. The highest BCUT2D eigenvalue weighted by atomic mass is 32.2. The Morgan fingerprint density at radius 2 is 1.88 bits per heavy atom. The Morgan fingerprint density at radius 1 is 1.15 bits per heavy atom. The number of nitrogens with two attached hydrogens (primary N) is 1. The highest BCUT2D eigenvalue weighted by Crippen LogP contribution is 2.31. The summed E-state index contributed by atoms with van der Waals surface area (Å²) in [6.45, 7) is 1.64. The van der Waals surface area contributed by atoms with Gasteiger partial charge in [-0.3, -0.25) is 4.79 Å². The Hall–Kier alpha value is -3.89. The van der Waals surface area contributed by atoms with E-state index in [1.807, 2.05) is 6.07 Å². The van der Waals surface area contributed by atoms with Crippen molar-refractivity contribution in [3.8, 4) is 17.6 Å². The number of halogens is 3. The molecule has 1 aromatic heterocycles. The smallest absolute Gasteiger partial charge is 0.406 e. The maximum absolute atomic E-state index is 13.5. The van der Waals surface area contributed by atoms with Gasteiger partial charge in [-0.05, 0) is 49.1 Å². The number of nitrogens with one attached hydrogen (secondary N) is 2. The molecule has 1 aliphatic rings. The zero-order valence-corrected chi connectivity index (χ0v) is 22.8. The molecule has 13 heteroatoms. The Morgan fingerprint density at radius 3 is 2.50 bits per heavy atom. The monoisotopic (exact) mass is 577 g/mol. The van der Waals surface area contributed by atoms with E-state index in [1.165, 1.54) is 32.2 Å². The lowest BCUT2D eigenvalue weighted by molar-refractivity contribution is -0.140. The summed E-state index contributed by atoms with van der Waals surface area (Å²) in [4.78, 5) is 13.3. The number of methoxy groups -OCH3 is 1. The van der Waals surface area contributed by atoms with Gasteiger partial charge in [-0.15, -0.1) is 0 Å². The van der Waals surface area contributed by atoms with E-state index in [0.717, 1.165) is 17.4 Å². The van der Waals surface area contributed by atoms with Crippen molar-refractivity contribution < 1.29 is 31.1 Å². The van der Waals surface area contributed by atoms with Crippen LogP contribution in [0.1, 0.15) is 25.5 Å². The van der Waals surface area contributed by atoms with Gasteiger partial charge in [0.2, 0.25) is 15.9 Å². The maximum atomic E-state index is 13.5. The van der Waals surface area contributed by atoms with Gasteiger partial charge in [-0.25, -0.2) is 13.6 Å². The first kappa shape index (κ1) is 29.1. The van der Waals surface area contributed by atoms with Crippen molar-refractivity contribution >= 4 is 38.2 Å².